The highest BCUT2D eigenvalue weighted by Crippen LogP contribution is 2.21. The lowest BCUT2D eigenvalue weighted by atomic mass is 9.96. The Bertz CT molecular complexity index is 834. The summed E-state index contributed by atoms with van der Waals surface area (Å²) in [5.41, 5.74) is 3.89. The van der Waals surface area contributed by atoms with E-state index in [0.29, 0.717) is 25.2 Å². The number of aryl methyl sites for hydroxylation is 2. The van der Waals surface area contributed by atoms with Gasteiger partial charge in [0.1, 0.15) is 0 Å². The van der Waals surface area contributed by atoms with Crippen molar-refractivity contribution >= 4 is 22.8 Å². The molecular formula is C20H26N4O2. The molecule has 138 valence electrons. The van der Waals surface area contributed by atoms with Gasteiger partial charge in [0.25, 0.3) is 5.91 Å². The zero-order valence-electron chi connectivity index (χ0n) is 15.7. The molecule has 1 aromatic carbocycles. The third kappa shape index (κ3) is 3.84. The molecule has 3 rings (SSSR count). The lowest BCUT2D eigenvalue weighted by molar-refractivity contribution is -0.126. The quantitative estimate of drug-likeness (QED) is 0.916. The van der Waals surface area contributed by atoms with Crippen molar-refractivity contribution in [1.29, 1.82) is 0 Å². The first kappa shape index (κ1) is 18.3. The van der Waals surface area contributed by atoms with Crippen LogP contribution < -0.4 is 5.32 Å². The van der Waals surface area contributed by atoms with Crippen molar-refractivity contribution in [2.45, 2.75) is 40.0 Å². The minimum Gasteiger partial charge on any atom is -0.356 e. The summed E-state index contributed by atoms with van der Waals surface area (Å²) in [7, 11) is 0. The molecule has 1 unspecified atom stereocenters. The normalized spacial score (nSPS) is 17.3. The van der Waals surface area contributed by atoms with Gasteiger partial charge in [0.15, 0.2) is 0 Å². The predicted octanol–water partition coefficient (Wildman–Crippen LogP) is 2.63. The van der Waals surface area contributed by atoms with Gasteiger partial charge >= 0.3 is 0 Å². The molecule has 26 heavy (non-hydrogen) atoms. The molecular weight excluding hydrogens is 328 g/mol. The molecule has 1 N–H and O–H groups in total. The van der Waals surface area contributed by atoms with Crippen molar-refractivity contribution < 1.29 is 9.59 Å². The Morgan fingerprint density at radius 2 is 1.92 bits per heavy atom. The Balaban J connectivity index is 1.76. The van der Waals surface area contributed by atoms with Gasteiger partial charge in [-0.3, -0.25) is 9.59 Å². The molecule has 1 fully saturated rings. The van der Waals surface area contributed by atoms with Crippen LogP contribution in [0.4, 0.5) is 0 Å². The van der Waals surface area contributed by atoms with Gasteiger partial charge in [-0.25, -0.2) is 9.97 Å². The second-order valence-electron chi connectivity index (χ2n) is 6.98. The van der Waals surface area contributed by atoms with Crippen molar-refractivity contribution in [3.63, 3.8) is 0 Å². The number of nitrogens with one attached hydrogen (secondary N) is 1. The van der Waals surface area contributed by atoms with Crippen LogP contribution in [-0.4, -0.2) is 46.3 Å². The third-order valence-electron chi connectivity index (χ3n) is 4.95. The fourth-order valence-electron chi connectivity index (χ4n) is 3.31. The SMILES string of the molecule is CCCNC(=O)C1CCCN(C(=O)c2ccc3nc(C)c(C)nc3c2)C1. The monoisotopic (exact) mass is 354 g/mol. The average molecular weight is 354 g/mol. The van der Waals surface area contributed by atoms with E-state index >= 15 is 0 Å². The number of carbonyl (C=O) groups is 2. The molecule has 2 heterocycles. The van der Waals surface area contributed by atoms with E-state index in [1.54, 1.807) is 17.0 Å². The van der Waals surface area contributed by atoms with Crippen LogP contribution in [0.25, 0.3) is 11.0 Å². The van der Waals surface area contributed by atoms with Crippen molar-refractivity contribution in [3.8, 4) is 0 Å². The Labute approximate surface area is 154 Å². The van der Waals surface area contributed by atoms with Crippen LogP contribution in [0.15, 0.2) is 18.2 Å². The first-order chi connectivity index (χ1) is 12.5. The zero-order chi connectivity index (χ0) is 18.7. The van der Waals surface area contributed by atoms with Crippen LogP contribution in [0, 0.1) is 19.8 Å². The molecule has 1 aromatic heterocycles. The van der Waals surface area contributed by atoms with Crippen molar-refractivity contribution in [2.75, 3.05) is 19.6 Å². The lowest BCUT2D eigenvalue weighted by Crippen LogP contribution is -2.45. The maximum absolute atomic E-state index is 12.9. The molecule has 1 saturated heterocycles. The van der Waals surface area contributed by atoms with Crippen LogP contribution in [-0.2, 0) is 4.79 Å². The van der Waals surface area contributed by atoms with Gasteiger partial charge < -0.3 is 10.2 Å². The summed E-state index contributed by atoms with van der Waals surface area (Å²) < 4.78 is 0. The van der Waals surface area contributed by atoms with Gasteiger partial charge in [0.05, 0.1) is 28.3 Å². The lowest BCUT2D eigenvalue weighted by Gasteiger charge is -2.32. The standard InChI is InChI=1S/C20H26N4O2/c1-4-9-21-19(25)16-6-5-10-24(12-16)20(26)15-7-8-17-18(11-15)23-14(3)13(2)22-17/h7-8,11,16H,4-6,9-10,12H2,1-3H3,(H,21,25). The van der Waals surface area contributed by atoms with Crippen LogP contribution in [0.1, 0.15) is 47.9 Å². The third-order valence-corrected chi connectivity index (χ3v) is 4.95. The molecule has 0 spiro atoms. The Kier molecular flexibility index (Phi) is 5.49. The van der Waals surface area contributed by atoms with E-state index in [9.17, 15) is 9.59 Å². The first-order valence-electron chi connectivity index (χ1n) is 9.31. The van der Waals surface area contributed by atoms with Crippen LogP contribution in [0.2, 0.25) is 0 Å². The number of amides is 2. The van der Waals surface area contributed by atoms with Gasteiger partial charge in [0.2, 0.25) is 5.91 Å². The topological polar surface area (TPSA) is 75.2 Å². The Morgan fingerprint density at radius 3 is 2.65 bits per heavy atom. The number of hydrogen-bond donors (Lipinski definition) is 1. The maximum Gasteiger partial charge on any atom is 0.253 e. The zero-order valence-corrected chi connectivity index (χ0v) is 15.7. The largest absolute Gasteiger partial charge is 0.356 e. The Hall–Kier alpha value is -2.50. The molecule has 6 nitrogen and oxygen atoms in total. The predicted molar refractivity (Wildman–Crippen MR) is 101 cm³/mol. The van der Waals surface area contributed by atoms with Crippen molar-refractivity contribution in [2.24, 2.45) is 5.92 Å². The number of likely N-dealkylation sites (tertiary alicyclic amines) is 1. The number of nitrogens with zero attached hydrogens (tertiary/aromatic N) is 3. The van der Waals surface area contributed by atoms with E-state index in [2.05, 4.69) is 15.3 Å². The average Bonchev–Trinajstić information content (AvgIpc) is 2.66. The summed E-state index contributed by atoms with van der Waals surface area (Å²) in [4.78, 5) is 36.0. The first-order valence-corrected chi connectivity index (χ1v) is 9.31. The summed E-state index contributed by atoms with van der Waals surface area (Å²) >= 11 is 0. The number of carbonyl (C=O) groups excluding carboxylic acids is 2. The summed E-state index contributed by atoms with van der Waals surface area (Å²) in [6.45, 7) is 7.73. The van der Waals surface area contributed by atoms with E-state index in [1.807, 2.05) is 26.8 Å². The van der Waals surface area contributed by atoms with Crippen LogP contribution in [0.3, 0.4) is 0 Å². The molecule has 2 aromatic rings. The molecule has 0 bridgehead atoms. The van der Waals surface area contributed by atoms with E-state index in [-0.39, 0.29) is 17.7 Å². The molecule has 6 heteroatoms. The second kappa shape index (κ2) is 7.81. The fraction of sp³-hybridized carbons (Fsp3) is 0.500. The number of rotatable bonds is 4. The fourth-order valence-corrected chi connectivity index (χ4v) is 3.31. The van der Waals surface area contributed by atoms with Gasteiger partial charge in [-0.2, -0.15) is 0 Å². The highest BCUT2D eigenvalue weighted by Gasteiger charge is 2.28. The van der Waals surface area contributed by atoms with Crippen molar-refractivity contribution in [3.05, 3.63) is 35.2 Å². The van der Waals surface area contributed by atoms with E-state index in [4.69, 9.17) is 0 Å². The number of hydrogen-bond acceptors (Lipinski definition) is 4. The van der Waals surface area contributed by atoms with Crippen LogP contribution >= 0.6 is 0 Å². The van der Waals surface area contributed by atoms with E-state index in [0.717, 1.165) is 41.7 Å². The van der Waals surface area contributed by atoms with Crippen molar-refractivity contribution in [1.82, 2.24) is 20.2 Å². The van der Waals surface area contributed by atoms with E-state index in [1.165, 1.54) is 0 Å². The molecule has 0 aliphatic carbocycles. The van der Waals surface area contributed by atoms with Crippen LogP contribution in [0.5, 0.6) is 0 Å². The molecule has 1 aliphatic heterocycles. The smallest absolute Gasteiger partial charge is 0.253 e. The molecule has 1 atom stereocenters. The number of benzene rings is 1. The summed E-state index contributed by atoms with van der Waals surface area (Å²) in [5.74, 6) is -0.107. The number of fused-ring (bicyclic) bond motifs is 1. The molecule has 1 aliphatic rings. The summed E-state index contributed by atoms with van der Waals surface area (Å²) in [6.07, 6.45) is 2.60. The molecule has 0 radical (unpaired) electrons. The second-order valence-corrected chi connectivity index (χ2v) is 6.98. The highest BCUT2D eigenvalue weighted by molar-refractivity contribution is 5.97. The summed E-state index contributed by atoms with van der Waals surface area (Å²) in [6, 6.07) is 5.45. The summed E-state index contributed by atoms with van der Waals surface area (Å²) in [5, 5.41) is 2.94. The van der Waals surface area contributed by atoms with Gasteiger partial charge in [0, 0.05) is 25.2 Å². The molecule has 2 amide bonds. The molecule has 0 saturated carbocycles. The maximum atomic E-state index is 12.9. The van der Waals surface area contributed by atoms with Gasteiger partial charge in [-0.05, 0) is 51.3 Å². The highest BCUT2D eigenvalue weighted by atomic mass is 16.2. The van der Waals surface area contributed by atoms with Gasteiger partial charge in [-0.15, -0.1) is 0 Å². The Morgan fingerprint density at radius 1 is 1.19 bits per heavy atom. The van der Waals surface area contributed by atoms with Gasteiger partial charge in [-0.1, -0.05) is 6.92 Å². The number of aromatic nitrogens is 2. The number of piperidine rings is 1. The minimum absolute atomic E-state index is 0.0417. The minimum atomic E-state index is -0.121. The van der Waals surface area contributed by atoms with E-state index < -0.39 is 0 Å².